The minimum absolute atomic E-state index is 0.0217. The van der Waals surface area contributed by atoms with Gasteiger partial charge in [0.2, 0.25) is 0 Å². The van der Waals surface area contributed by atoms with Crippen molar-refractivity contribution in [3.63, 3.8) is 0 Å². The van der Waals surface area contributed by atoms with Gasteiger partial charge in [0.15, 0.2) is 6.54 Å². The van der Waals surface area contributed by atoms with E-state index < -0.39 is 0 Å². The lowest BCUT2D eigenvalue weighted by Gasteiger charge is -2.15. The van der Waals surface area contributed by atoms with E-state index in [1.165, 1.54) is 17.7 Å². The molecule has 0 fully saturated rings. The number of rotatable bonds is 5. The Morgan fingerprint density at radius 3 is 2.45 bits per heavy atom. The number of quaternary nitrogens is 1. The van der Waals surface area contributed by atoms with E-state index >= 15 is 0 Å². The Balaban J connectivity index is 1.89. The van der Waals surface area contributed by atoms with Crippen molar-refractivity contribution in [1.29, 1.82) is 0 Å². The third-order valence-corrected chi connectivity index (χ3v) is 3.54. The van der Waals surface area contributed by atoms with Gasteiger partial charge in [0, 0.05) is 11.3 Å². The number of anilines is 1. The second kappa shape index (κ2) is 7.18. The summed E-state index contributed by atoms with van der Waals surface area (Å²) in [6.45, 7) is 5.06. The van der Waals surface area contributed by atoms with Gasteiger partial charge in [-0.05, 0) is 37.6 Å². The maximum Gasteiger partial charge on any atom is 0.279 e. The second-order valence-corrected chi connectivity index (χ2v) is 5.80. The molecule has 4 heteroatoms. The topological polar surface area (TPSA) is 33.5 Å². The molecule has 1 unspecified atom stereocenters. The van der Waals surface area contributed by atoms with Gasteiger partial charge in [-0.2, -0.15) is 0 Å². The summed E-state index contributed by atoms with van der Waals surface area (Å²) in [5, 5.41) is 2.94. The molecule has 0 spiro atoms. The fourth-order valence-corrected chi connectivity index (χ4v) is 2.44. The zero-order chi connectivity index (χ0) is 16.1. The zero-order valence-corrected chi connectivity index (χ0v) is 13.2. The lowest BCUT2D eigenvalue weighted by atomic mass is 10.1. The van der Waals surface area contributed by atoms with Crippen LogP contribution < -0.4 is 10.2 Å². The Bertz CT molecular complexity index is 653. The Kier molecular flexibility index (Phi) is 5.28. The van der Waals surface area contributed by atoms with Gasteiger partial charge in [0.25, 0.3) is 5.91 Å². The summed E-state index contributed by atoms with van der Waals surface area (Å²) >= 11 is 0. The molecule has 0 aromatic heterocycles. The second-order valence-electron chi connectivity index (χ2n) is 5.80. The molecule has 0 radical (unpaired) electrons. The van der Waals surface area contributed by atoms with Gasteiger partial charge < -0.3 is 10.2 Å². The Morgan fingerprint density at radius 1 is 1.14 bits per heavy atom. The van der Waals surface area contributed by atoms with E-state index in [2.05, 4.69) is 5.32 Å². The molecule has 0 bridgehead atoms. The normalized spacial score (nSPS) is 12.0. The monoisotopic (exact) mass is 301 g/mol. The number of amides is 1. The fourth-order valence-electron chi connectivity index (χ4n) is 2.44. The Labute approximate surface area is 130 Å². The molecule has 2 N–H and O–H groups in total. The summed E-state index contributed by atoms with van der Waals surface area (Å²) in [4.78, 5) is 13.2. The average Bonchev–Trinajstić information content (AvgIpc) is 2.44. The van der Waals surface area contributed by atoms with Gasteiger partial charge in [-0.1, -0.05) is 29.8 Å². The van der Waals surface area contributed by atoms with Crippen LogP contribution in [0.25, 0.3) is 0 Å². The highest BCUT2D eigenvalue weighted by Gasteiger charge is 2.12. The molecule has 2 aromatic carbocycles. The highest BCUT2D eigenvalue weighted by atomic mass is 19.1. The summed E-state index contributed by atoms with van der Waals surface area (Å²) < 4.78 is 12.9. The molecule has 1 atom stereocenters. The fraction of sp³-hybridized carbons (Fsp3) is 0.278. The Hall–Kier alpha value is -2.20. The lowest BCUT2D eigenvalue weighted by Crippen LogP contribution is -3.08. The van der Waals surface area contributed by atoms with Crippen LogP contribution in [-0.4, -0.2) is 19.5 Å². The van der Waals surface area contributed by atoms with Crippen molar-refractivity contribution in [2.75, 3.05) is 18.9 Å². The summed E-state index contributed by atoms with van der Waals surface area (Å²) in [5.41, 5.74) is 4.10. The third-order valence-electron chi connectivity index (χ3n) is 3.54. The van der Waals surface area contributed by atoms with E-state index in [9.17, 15) is 9.18 Å². The standard InChI is InChI=1S/C18H21FN2O/c1-13-4-9-17(14(2)10-13)20-18(22)12-21(3)11-15-5-7-16(19)8-6-15/h4-10H,11-12H2,1-3H3,(H,20,22)/p+1. The molecule has 0 saturated carbocycles. The SMILES string of the molecule is Cc1ccc(NC(=O)C[NH+](C)Cc2ccc(F)cc2)c(C)c1. The molecule has 0 aliphatic rings. The van der Waals surface area contributed by atoms with E-state index in [0.717, 1.165) is 21.7 Å². The van der Waals surface area contributed by atoms with E-state index in [0.29, 0.717) is 13.1 Å². The number of aryl methyl sites for hydroxylation is 2. The minimum Gasteiger partial charge on any atom is -0.326 e. The first-order chi connectivity index (χ1) is 10.4. The van der Waals surface area contributed by atoms with Gasteiger partial charge in [-0.3, -0.25) is 4.79 Å². The molecule has 0 aliphatic carbocycles. The van der Waals surface area contributed by atoms with Crippen LogP contribution in [0.15, 0.2) is 42.5 Å². The van der Waals surface area contributed by atoms with Crippen LogP contribution in [0.4, 0.5) is 10.1 Å². The average molecular weight is 301 g/mol. The smallest absolute Gasteiger partial charge is 0.279 e. The molecule has 22 heavy (non-hydrogen) atoms. The first-order valence-corrected chi connectivity index (χ1v) is 7.37. The van der Waals surface area contributed by atoms with Crippen LogP contribution in [0.2, 0.25) is 0 Å². The largest absolute Gasteiger partial charge is 0.326 e. The number of carbonyl (C=O) groups excluding carboxylic acids is 1. The van der Waals surface area contributed by atoms with E-state index in [1.807, 2.05) is 39.1 Å². The third kappa shape index (κ3) is 4.67. The van der Waals surface area contributed by atoms with Crippen LogP contribution in [-0.2, 0) is 11.3 Å². The zero-order valence-electron chi connectivity index (χ0n) is 13.2. The number of benzene rings is 2. The van der Waals surface area contributed by atoms with Crippen molar-refractivity contribution in [3.05, 3.63) is 65.0 Å². The predicted molar refractivity (Wildman–Crippen MR) is 86.4 cm³/mol. The predicted octanol–water partition coefficient (Wildman–Crippen LogP) is 2.10. The molecule has 0 aliphatic heterocycles. The summed E-state index contributed by atoms with van der Waals surface area (Å²) in [5.74, 6) is -0.263. The van der Waals surface area contributed by atoms with E-state index in [1.54, 1.807) is 12.1 Å². The van der Waals surface area contributed by atoms with Crippen LogP contribution in [0.3, 0.4) is 0 Å². The first kappa shape index (κ1) is 16.2. The number of hydrogen-bond donors (Lipinski definition) is 2. The minimum atomic E-state index is -0.242. The molecule has 0 heterocycles. The molecule has 2 aromatic rings. The van der Waals surface area contributed by atoms with Crippen molar-refractivity contribution in [2.45, 2.75) is 20.4 Å². The summed E-state index contributed by atoms with van der Waals surface area (Å²) in [7, 11) is 1.95. The molecule has 3 nitrogen and oxygen atoms in total. The number of hydrogen-bond acceptors (Lipinski definition) is 1. The molecule has 116 valence electrons. The van der Waals surface area contributed by atoms with Gasteiger partial charge >= 0.3 is 0 Å². The highest BCUT2D eigenvalue weighted by molar-refractivity contribution is 5.92. The van der Waals surface area contributed by atoms with Crippen LogP contribution in [0, 0.1) is 19.7 Å². The van der Waals surface area contributed by atoms with Gasteiger partial charge in [0.05, 0.1) is 7.05 Å². The number of halogens is 1. The van der Waals surface area contributed by atoms with E-state index in [4.69, 9.17) is 0 Å². The van der Waals surface area contributed by atoms with Crippen molar-refractivity contribution in [2.24, 2.45) is 0 Å². The number of nitrogens with one attached hydrogen (secondary N) is 2. The van der Waals surface area contributed by atoms with Gasteiger partial charge in [-0.15, -0.1) is 0 Å². The van der Waals surface area contributed by atoms with Crippen LogP contribution in [0.5, 0.6) is 0 Å². The molecular weight excluding hydrogens is 279 g/mol. The quantitative estimate of drug-likeness (QED) is 0.871. The van der Waals surface area contributed by atoms with Crippen LogP contribution >= 0.6 is 0 Å². The van der Waals surface area contributed by atoms with Crippen molar-refractivity contribution in [3.8, 4) is 0 Å². The van der Waals surface area contributed by atoms with Crippen molar-refractivity contribution < 1.29 is 14.1 Å². The van der Waals surface area contributed by atoms with Gasteiger partial charge in [-0.25, -0.2) is 4.39 Å². The maximum absolute atomic E-state index is 12.9. The summed E-state index contributed by atoms with van der Waals surface area (Å²) in [6, 6.07) is 12.3. The molecule has 0 saturated heterocycles. The van der Waals surface area contributed by atoms with Gasteiger partial charge in [0.1, 0.15) is 12.4 Å². The molecule has 2 rings (SSSR count). The number of carbonyl (C=O) groups is 1. The highest BCUT2D eigenvalue weighted by Crippen LogP contribution is 2.15. The van der Waals surface area contributed by atoms with Crippen molar-refractivity contribution in [1.82, 2.24) is 0 Å². The van der Waals surface area contributed by atoms with Crippen molar-refractivity contribution >= 4 is 11.6 Å². The maximum atomic E-state index is 12.9. The summed E-state index contributed by atoms with van der Waals surface area (Å²) in [6.07, 6.45) is 0. The molecule has 1 amide bonds. The Morgan fingerprint density at radius 2 is 1.82 bits per heavy atom. The first-order valence-electron chi connectivity index (χ1n) is 7.37. The molecular formula is C18H22FN2O+. The number of likely N-dealkylation sites (N-methyl/N-ethyl adjacent to an activating group) is 1. The van der Waals surface area contributed by atoms with E-state index in [-0.39, 0.29) is 11.7 Å². The van der Waals surface area contributed by atoms with Crippen LogP contribution in [0.1, 0.15) is 16.7 Å². The lowest BCUT2D eigenvalue weighted by molar-refractivity contribution is -0.885.